The minimum Gasteiger partial charge on any atom is -0.493 e. The van der Waals surface area contributed by atoms with Crippen molar-refractivity contribution in [3.8, 4) is 5.88 Å². The fourth-order valence-corrected chi connectivity index (χ4v) is 3.33. The maximum Gasteiger partial charge on any atom is 0.326 e. The predicted molar refractivity (Wildman–Crippen MR) is 113 cm³/mol. The topological polar surface area (TPSA) is 136 Å². The lowest BCUT2D eigenvalue weighted by atomic mass is 10.2. The van der Waals surface area contributed by atoms with Gasteiger partial charge in [-0.3, -0.25) is 4.98 Å². The molecule has 0 radical (unpaired) electrons. The molecule has 4 N–H and O–H groups in total. The molecule has 12 heteroatoms. The first-order valence-corrected chi connectivity index (χ1v) is 10.3. The van der Waals surface area contributed by atoms with Crippen molar-refractivity contribution >= 4 is 33.6 Å². The molecule has 3 heterocycles. The van der Waals surface area contributed by atoms with E-state index >= 15 is 0 Å². The Morgan fingerprint density at radius 2 is 2.19 bits per heavy atom. The Kier molecular flexibility index (Phi) is 4.77. The zero-order chi connectivity index (χ0) is 21.5. The van der Waals surface area contributed by atoms with Crippen LogP contribution in [0.3, 0.4) is 0 Å². The van der Waals surface area contributed by atoms with E-state index in [4.69, 9.17) is 0 Å². The molecule has 0 saturated heterocycles. The SMILES string of the molecule is O=c1[nH]c(O)c(/C=c2\cnn3c(=NC4CC4)nc(NCc4ccc(Br)cc4F)nc23)[nH]1. The number of nitrogens with one attached hydrogen (secondary N) is 3. The molecule has 0 bridgehead atoms. The number of fused-ring (bicyclic) bond motifs is 1. The number of rotatable bonds is 5. The Bertz CT molecular complexity index is 1470. The minimum atomic E-state index is -0.529. The van der Waals surface area contributed by atoms with Crippen LogP contribution in [0.5, 0.6) is 5.88 Å². The lowest BCUT2D eigenvalue weighted by molar-refractivity contribution is 0.454. The number of imidazole rings is 1. The number of hydrogen-bond acceptors (Lipinski definition) is 7. The summed E-state index contributed by atoms with van der Waals surface area (Å²) in [5.41, 5.74) is 0.929. The average Bonchev–Trinajstić information content (AvgIpc) is 3.36. The molecule has 0 aliphatic heterocycles. The molecule has 4 aromatic rings. The second kappa shape index (κ2) is 7.61. The van der Waals surface area contributed by atoms with E-state index < -0.39 is 5.69 Å². The molecule has 10 nitrogen and oxygen atoms in total. The molecule has 1 aliphatic carbocycles. The molecule has 1 fully saturated rings. The highest BCUT2D eigenvalue weighted by Gasteiger charge is 2.21. The van der Waals surface area contributed by atoms with Crippen LogP contribution in [0.2, 0.25) is 0 Å². The predicted octanol–water partition coefficient (Wildman–Crippen LogP) is 0.971. The van der Waals surface area contributed by atoms with Crippen molar-refractivity contribution in [3.05, 3.63) is 67.3 Å². The number of hydrogen-bond donors (Lipinski definition) is 4. The summed E-state index contributed by atoms with van der Waals surface area (Å²) in [4.78, 5) is 29.7. The third-order valence-corrected chi connectivity index (χ3v) is 5.20. The third-order valence-electron chi connectivity index (χ3n) is 4.71. The van der Waals surface area contributed by atoms with Crippen molar-refractivity contribution in [2.75, 3.05) is 5.32 Å². The second-order valence-corrected chi connectivity index (χ2v) is 8.03. The average molecular weight is 487 g/mol. The Labute approximate surface area is 181 Å². The van der Waals surface area contributed by atoms with Crippen LogP contribution in [0.4, 0.5) is 10.3 Å². The van der Waals surface area contributed by atoms with E-state index in [1.54, 1.807) is 24.4 Å². The van der Waals surface area contributed by atoms with Crippen molar-refractivity contribution in [2.45, 2.75) is 25.4 Å². The third kappa shape index (κ3) is 4.06. The van der Waals surface area contributed by atoms with E-state index in [2.05, 4.69) is 51.3 Å². The summed E-state index contributed by atoms with van der Waals surface area (Å²) < 4.78 is 16.3. The van der Waals surface area contributed by atoms with E-state index in [0.717, 1.165) is 12.8 Å². The highest BCUT2D eigenvalue weighted by Crippen LogP contribution is 2.22. The second-order valence-electron chi connectivity index (χ2n) is 7.12. The van der Waals surface area contributed by atoms with E-state index in [1.807, 2.05) is 0 Å². The number of aromatic nitrogens is 6. The van der Waals surface area contributed by atoms with Gasteiger partial charge in [0.2, 0.25) is 11.8 Å². The summed E-state index contributed by atoms with van der Waals surface area (Å²) in [6.45, 7) is 0.178. The summed E-state index contributed by atoms with van der Waals surface area (Å²) in [5.74, 6) is -0.377. The lowest BCUT2D eigenvalue weighted by Gasteiger charge is -2.07. The van der Waals surface area contributed by atoms with Crippen LogP contribution >= 0.6 is 15.9 Å². The molecular formula is C19H16BrFN8O2. The Morgan fingerprint density at radius 3 is 2.90 bits per heavy atom. The largest absolute Gasteiger partial charge is 0.493 e. The molecule has 0 amide bonds. The lowest BCUT2D eigenvalue weighted by Crippen LogP contribution is -2.24. The molecule has 1 aliphatic rings. The van der Waals surface area contributed by atoms with E-state index in [0.29, 0.717) is 26.5 Å². The van der Waals surface area contributed by atoms with Crippen LogP contribution in [0.25, 0.3) is 11.7 Å². The monoisotopic (exact) mass is 486 g/mol. The number of H-pyrrole nitrogens is 2. The number of nitrogens with zero attached hydrogens (tertiary/aromatic N) is 5. The molecule has 0 spiro atoms. The number of aromatic amines is 2. The Morgan fingerprint density at radius 1 is 1.35 bits per heavy atom. The number of halogens is 2. The van der Waals surface area contributed by atoms with Crippen LogP contribution in [0.15, 0.2) is 38.7 Å². The minimum absolute atomic E-state index is 0.178. The van der Waals surface area contributed by atoms with Gasteiger partial charge in [-0.05, 0) is 31.1 Å². The van der Waals surface area contributed by atoms with Gasteiger partial charge >= 0.3 is 5.69 Å². The van der Waals surface area contributed by atoms with Gasteiger partial charge in [0.15, 0.2) is 5.65 Å². The smallest absolute Gasteiger partial charge is 0.326 e. The van der Waals surface area contributed by atoms with Gasteiger partial charge in [0.05, 0.1) is 12.2 Å². The van der Waals surface area contributed by atoms with Gasteiger partial charge in [0.1, 0.15) is 11.5 Å². The molecular weight excluding hydrogens is 471 g/mol. The number of benzene rings is 1. The number of anilines is 1. The molecule has 5 rings (SSSR count). The highest BCUT2D eigenvalue weighted by atomic mass is 79.9. The standard InChI is InChI=1S/C19H16BrFN8O2/c20-11-2-1-9(13(21)6-11)7-22-17-26-15-10(5-14-16(30)27-19(31)25-14)8-23-29(15)18(28-17)24-12-3-4-12/h1-2,5-6,8,12,30H,3-4,7H2,(H,22,24,28)(H2,25,27,31)/b10-5+. The molecule has 3 aromatic heterocycles. The molecule has 1 saturated carbocycles. The van der Waals surface area contributed by atoms with Crippen molar-refractivity contribution < 1.29 is 9.50 Å². The summed E-state index contributed by atoms with van der Waals surface area (Å²) in [5, 5.41) is 17.7. The molecule has 1 aromatic carbocycles. The van der Waals surface area contributed by atoms with Gasteiger partial charge in [-0.1, -0.05) is 22.0 Å². The quantitative estimate of drug-likeness (QED) is 0.331. The van der Waals surface area contributed by atoms with Gasteiger partial charge in [-0.15, -0.1) is 0 Å². The van der Waals surface area contributed by atoms with Gasteiger partial charge in [0, 0.05) is 21.8 Å². The van der Waals surface area contributed by atoms with Crippen molar-refractivity contribution in [1.29, 1.82) is 0 Å². The molecule has 31 heavy (non-hydrogen) atoms. The van der Waals surface area contributed by atoms with Gasteiger partial charge in [-0.2, -0.15) is 19.6 Å². The van der Waals surface area contributed by atoms with E-state index in [1.165, 1.54) is 10.6 Å². The van der Waals surface area contributed by atoms with E-state index in [9.17, 15) is 14.3 Å². The first-order valence-electron chi connectivity index (χ1n) is 9.47. The van der Waals surface area contributed by atoms with Crippen molar-refractivity contribution in [2.24, 2.45) is 4.99 Å². The summed E-state index contributed by atoms with van der Waals surface area (Å²) in [6.07, 6.45) is 5.05. The Hall–Kier alpha value is -3.54. The first kappa shape index (κ1) is 19.4. The normalized spacial score (nSPS) is 15.2. The summed E-state index contributed by atoms with van der Waals surface area (Å²) in [7, 11) is 0. The zero-order valence-corrected chi connectivity index (χ0v) is 17.5. The maximum absolute atomic E-state index is 14.2. The summed E-state index contributed by atoms with van der Waals surface area (Å²) in [6, 6.07) is 5.01. The highest BCUT2D eigenvalue weighted by molar-refractivity contribution is 9.10. The van der Waals surface area contributed by atoms with Gasteiger partial charge in [0.25, 0.3) is 5.62 Å². The van der Waals surface area contributed by atoms with Gasteiger partial charge in [-0.25, -0.2) is 14.2 Å². The molecule has 0 atom stereocenters. The first-order chi connectivity index (χ1) is 15.0. The fourth-order valence-electron chi connectivity index (χ4n) is 3.00. The van der Waals surface area contributed by atoms with Crippen molar-refractivity contribution in [3.63, 3.8) is 0 Å². The van der Waals surface area contributed by atoms with Crippen molar-refractivity contribution in [1.82, 2.24) is 29.5 Å². The van der Waals surface area contributed by atoms with Crippen LogP contribution in [0, 0.1) is 5.82 Å². The maximum atomic E-state index is 14.2. The van der Waals surface area contributed by atoms with Crippen LogP contribution in [-0.2, 0) is 6.54 Å². The zero-order valence-electron chi connectivity index (χ0n) is 15.9. The fraction of sp³-hybridized carbons (Fsp3) is 0.211. The Balaban J connectivity index is 1.58. The molecule has 0 unspecified atom stereocenters. The van der Waals surface area contributed by atoms with E-state index in [-0.39, 0.29) is 35.9 Å². The van der Waals surface area contributed by atoms with Crippen LogP contribution in [-0.4, -0.2) is 40.7 Å². The molecule has 158 valence electrons. The van der Waals surface area contributed by atoms with Gasteiger partial charge < -0.3 is 15.4 Å². The van der Waals surface area contributed by atoms with Crippen LogP contribution < -0.4 is 21.8 Å². The summed E-state index contributed by atoms with van der Waals surface area (Å²) >= 11 is 3.24. The number of aromatic hydroxyl groups is 1. The van der Waals surface area contributed by atoms with Crippen LogP contribution in [0.1, 0.15) is 24.1 Å².